The Kier molecular flexibility index (Phi) is 8.16. The number of carbonyl (C=O) groups is 2. The summed E-state index contributed by atoms with van der Waals surface area (Å²) in [6, 6.07) is 22.0. The van der Waals surface area contributed by atoms with Gasteiger partial charge in [0, 0.05) is 34.9 Å². The van der Waals surface area contributed by atoms with E-state index in [1.807, 2.05) is 60.8 Å². The Labute approximate surface area is 229 Å². The molecule has 0 unspecified atom stereocenters. The quantitative estimate of drug-likeness (QED) is 0.283. The lowest BCUT2D eigenvalue weighted by molar-refractivity contribution is -0.127. The molecule has 1 aromatic heterocycles. The summed E-state index contributed by atoms with van der Waals surface area (Å²) in [6.07, 6.45) is 7.28. The number of benzene rings is 3. The fourth-order valence-corrected chi connectivity index (χ4v) is 5.52. The van der Waals surface area contributed by atoms with Gasteiger partial charge in [0.25, 0.3) is 0 Å². The highest BCUT2D eigenvalue weighted by Crippen LogP contribution is 2.36. The topological polar surface area (TPSA) is 83.7 Å². The van der Waals surface area contributed by atoms with E-state index in [1.165, 1.54) is 6.42 Å². The minimum Gasteiger partial charge on any atom is -0.493 e. The van der Waals surface area contributed by atoms with Crippen molar-refractivity contribution in [3.63, 3.8) is 0 Å². The Balaban J connectivity index is 1.58. The third-order valence-corrected chi connectivity index (χ3v) is 7.50. The van der Waals surface area contributed by atoms with Crippen LogP contribution in [0.1, 0.15) is 49.3 Å². The first kappa shape index (κ1) is 26.4. The number of carbonyl (C=O) groups excluding carboxylic acids is 2. The van der Waals surface area contributed by atoms with Gasteiger partial charge in [0.05, 0.1) is 20.6 Å². The predicted molar refractivity (Wildman–Crippen MR) is 153 cm³/mol. The van der Waals surface area contributed by atoms with E-state index in [9.17, 15) is 9.59 Å². The zero-order valence-electron chi connectivity index (χ0n) is 22.5. The number of anilines is 1. The van der Waals surface area contributed by atoms with Crippen LogP contribution in [-0.2, 0) is 16.0 Å². The molecular formula is C32H35N3O4. The molecule has 1 heterocycles. The average Bonchev–Trinajstić information content (AvgIpc) is 3.38. The number of fused-ring (bicyclic) bond motifs is 1. The Bertz CT molecular complexity index is 1430. The minimum absolute atomic E-state index is 0.105. The highest BCUT2D eigenvalue weighted by atomic mass is 16.5. The van der Waals surface area contributed by atoms with Gasteiger partial charge in [0.1, 0.15) is 6.04 Å². The normalized spacial score (nSPS) is 14.5. The molecule has 0 saturated heterocycles. The second-order valence-electron chi connectivity index (χ2n) is 10.00. The van der Waals surface area contributed by atoms with Gasteiger partial charge in [0.2, 0.25) is 11.8 Å². The van der Waals surface area contributed by atoms with Crippen LogP contribution in [-0.4, -0.2) is 37.1 Å². The van der Waals surface area contributed by atoms with Crippen LogP contribution >= 0.6 is 0 Å². The van der Waals surface area contributed by atoms with Gasteiger partial charge in [-0.25, -0.2) is 0 Å². The Morgan fingerprint density at radius 3 is 2.38 bits per heavy atom. The van der Waals surface area contributed by atoms with Crippen LogP contribution in [0.15, 0.2) is 79.0 Å². The zero-order valence-corrected chi connectivity index (χ0v) is 22.5. The molecule has 202 valence electrons. The average molecular weight is 526 g/mol. The van der Waals surface area contributed by atoms with E-state index in [-0.39, 0.29) is 24.3 Å². The van der Waals surface area contributed by atoms with Gasteiger partial charge in [-0.05, 0) is 42.2 Å². The molecule has 2 N–H and O–H groups in total. The van der Waals surface area contributed by atoms with Crippen molar-refractivity contribution < 1.29 is 19.1 Å². The lowest BCUT2D eigenvalue weighted by atomic mass is 9.94. The van der Waals surface area contributed by atoms with E-state index in [0.29, 0.717) is 17.2 Å². The second kappa shape index (κ2) is 12.1. The van der Waals surface area contributed by atoms with E-state index in [4.69, 9.17) is 9.47 Å². The zero-order chi connectivity index (χ0) is 27.2. The van der Waals surface area contributed by atoms with Crippen molar-refractivity contribution in [3.05, 3.63) is 90.1 Å². The minimum atomic E-state index is -0.857. The molecule has 2 amide bonds. The van der Waals surface area contributed by atoms with Crippen LogP contribution in [0.4, 0.5) is 5.69 Å². The number of methoxy groups -OCH3 is 2. The number of para-hydroxylation sites is 1. The summed E-state index contributed by atoms with van der Waals surface area (Å²) in [6.45, 7) is 0. The molecule has 7 nitrogen and oxygen atoms in total. The first-order valence-electron chi connectivity index (χ1n) is 13.5. The number of hydrogen-bond donors (Lipinski definition) is 2. The molecule has 0 aliphatic heterocycles. The van der Waals surface area contributed by atoms with Crippen molar-refractivity contribution >= 4 is 28.4 Å². The molecule has 1 aliphatic carbocycles. The highest BCUT2D eigenvalue weighted by molar-refractivity contribution is 6.03. The Morgan fingerprint density at radius 2 is 1.64 bits per heavy atom. The molecule has 1 atom stereocenters. The molecule has 0 bridgehead atoms. The third-order valence-electron chi connectivity index (χ3n) is 7.50. The monoisotopic (exact) mass is 525 g/mol. The molecule has 1 saturated carbocycles. The molecule has 0 radical (unpaired) electrons. The molecular weight excluding hydrogens is 490 g/mol. The summed E-state index contributed by atoms with van der Waals surface area (Å²) >= 11 is 0. The highest BCUT2D eigenvalue weighted by Gasteiger charge is 2.34. The number of ether oxygens (including phenoxy) is 2. The van der Waals surface area contributed by atoms with E-state index >= 15 is 0 Å². The largest absolute Gasteiger partial charge is 0.493 e. The standard InChI is InChI=1S/C32H35N3O4/c1-38-28-18-17-25(20-29(28)39-2)35(30(36)19-23-21-33-27-16-10-9-15-26(23)27)31(22-11-5-3-6-12-22)32(37)34-24-13-7-4-8-14-24/h3,5-6,9-12,15-18,20-21,24,31,33H,4,7-8,13-14,19H2,1-2H3,(H,34,37)/t31-/m1/s1. The number of H-pyrrole nitrogens is 1. The predicted octanol–water partition coefficient (Wildman–Crippen LogP) is 5.95. The second-order valence-corrected chi connectivity index (χ2v) is 10.00. The van der Waals surface area contributed by atoms with E-state index in [2.05, 4.69) is 10.3 Å². The van der Waals surface area contributed by atoms with Crippen molar-refractivity contribution in [3.8, 4) is 11.5 Å². The van der Waals surface area contributed by atoms with Crippen molar-refractivity contribution in [2.24, 2.45) is 0 Å². The number of aromatic amines is 1. The van der Waals surface area contributed by atoms with Crippen LogP contribution in [0.25, 0.3) is 10.9 Å². The number of nitrogens with zero attached hydrogens (tertiary/aromatic N) is 1. The lowest BCUT2D eigenvalue weighted by Crippen LogP contribution is -2.47. The van der Waals surface area contributed by atoms with Crippen LogP contribution in [0.5, 0.6) is 11.5 Å². The SMILES string of the molecule is COc1ccc(N(C(=O)Cc2c[nH]c3ccccc23)[C@@H](C(=O)NC2CCCCC2)c2ccccc2)cc1OC. The summed E-state index contributed by atoms with van der Waals surface area (Å²) in [5.41, 5.74) is 3.14. The summed E-state index contributed by atoms with van der Waals surface area (Å²) < 4.78 is 11.0. The third kappa shape index (κ3) is 5.77. The molecule has 39 heavy (non-hydrogen) atoms. The van der Waals surface area contributed by atoms with E-state index in [0.717, 1.165) is 47.7 Å². The van der Waals surface area contributed by atoms with Gasteiger partial charge in [-0.2, -0.15) is 0 Å². The molecule has 0 spiro atoms. The van der Waals surface area contributed by atoms with Gasteiger partial charge in [-0.1, -0.05) is 67.8 Å². The van der Waals surface area contributed by atoms with E-state index < -0.39 is 6.04 Å². The lowest BCUT2D eigenvalue weighted by Gasteiger charge is -2.34. The van der Waals surface area contributed by atoms with Crippen molar-refractivity contribution in [1.29, 1.82) is 0 Å². The first-order chi connectivity index (χ1) is 19.1. The van der Waals surface area contributed by atoms with Gasteiger partial charge in [0.15, 0.2) is 11.5 Å². The van der Waals surface area contributed by atoms with Crippen molar-refractivity contribution in [2.75, 3.05) is 19.1 Å². The molecule has 4 aromatic rings. The molecule has 1 aliphatic rings. The molecule has 3 aromatic carbocycles. The fourth-order valence-electron chi connectivity index (χ4n) is 5.52. The number of nitrogens with one attached hydrogen (secondary N) is 2. The molecule has 7 heteroatoms. The summed E-state index contributed by atoms with van der Waals surface area (Å²) in [7, 11) is 3.13. The maximum Gasteiger partial charge on any atom is 0.248 e. The summed E-state index contributed by atoms with van der Waals surface area (Å²) in [5.74, 6) is 0.655. The van der Waals surface area contributed by atoms with Crippen LogP contribution in [0.3, 0.4) is 0 Å². The van der Waals surface area contributed by atoms with Crippen LogP contribution in [0, 0.1) is 0 Å². The van der Waals surface area contributed by atoms with Crippen LogP contribution in [0.2, 0.25) is 0 Å². The Morgan fingerprint density at radius 1 is 0.923 bits per heavy atom. The summed E-state index contributed by atoms with van der Waals surface area (Å²) in [5, 5.41) is 4.25. The van der Waals surface area contributed by atoms with Crippen molar-refractivity contribution in [1.82, 2.24) is 10.3 Å². The summed E-state index contributed by atoms with van der Waals surface area (Å²) in [4.78, 5) is 33.2. The maximum atomic E-state index is 14.3. The number of aromatic nitrogens is 1. The van der Waals surface area contributed by atoms with Gasteiger partial charge in [-0.15, -0.1) is 0 Å². The van der Waals surface area contributed by atoms with Crippen LogP contribution < -0.4 is 19.7 Å². The fraction of sp³-hybridized carbons (Fsp3) is 0.312. The molecule has 5 rings (SSSR count). The number of amides is 2. The molecule has 1 fully saturated rings. The van der Waals surface area contributed by atoms with Gasteiger partial charge in [-0.3, -0.25) is 14.5 Å². The smallest absolute Gasteiger partial charge is 0.248 e. The Hall–Kier alpha value is -4.26. The van der Waals surface area contributed by atoms with Crippen molar-refractivity contribution in [2.45, 2.75) is 50.6 Å². The van der Waals surface area contributed by atoms with E-state index in [1.54, 1.807) is 37.3 Å². The number of rotatable bonds is 9. The number of hydrogen-bond acceptors (Lipinski definition) is 4. The maximum absolute atomic E-state index is 14.3. The first-order valence-corrected chi connectivity index (χ1v) is 13.5. The van der Waals surface area contributed by atoms with Gasteiger partial charge < -0.3 is 19.8 Å². The van der Waals surface area contributed by atoms with Gasteiger partial charge >= 0.3 is 0 Å².